The number of benzene rings is 1. The molecule has 3 saturated heterocycles. The van der Waals surface area contributed by atoms with Crippen molar-refractivity contribution < 1.29 is 19.1 Å². The number of nitrogens with zero attached hydrogens (tertiary/aromatic N) is 3. The molecule has 7 nitrogen and oxygen atoms in total. The molecule has 3 fully saturated rings. The van der Waals surface area contributed by atoms with E-state index < -0.39 is 0 Å². The van der Waals surface area contributed by atoms with Crippen molar-refractivity contribution in [1.29, 1.82) is 0 Å². The van der Waals surface area contributed by atoms with E-state index in [1.165, 1.54) is 12.8 Å². The van der Waals surface area contributed by atoms with E-state index in [0.717, 1.165) is 44.5 Å². The molecule has 156 valence electrons. The van der Waals surface area contributed by atoms with Gasteiger partial charge in [-0.25, -0.2) is 4.79 Å². The maximum absolute atomic E-state index is 12.8. The summed E-state index contributed by atoms with van der Waals surface area (Å²) in [6.45, 7) is 3.92. The zero-order chi connectivity index (χ0) is 20.2. The Balaban J connectivity index is 1.31. The molecule has 29 heavy (non-hydrogen) atoms. The molecule has 0 bridgehead atoms. The number of cyclic esters (lactones) is 1. The summed E-state index contributed by atoms with van der Waals surface area (Å²) in [5, 5.41) is 0. The van der Waals surface area contributed by atoms with Crippen LogP contribution in [0.25, 0.3) is 0 Å². The van der Waals surface area contributed by atoms with Gasteiger partial charge in [0.1, 0.15) is 6.61 Å². The second-order valence-electron chi connectivity index (χ2n) is 8.12. The van der Waals surface area contributed by atoms with Gasteiger partial charge in [-0.2, -0.15) is 0 Å². The number of anilines is 1. The van der Waals surface area contributed by atoms with Crippen molar-refractivity contribution in [3.63, 3.8) is 0 Å². The minimum Gasteiger partial charge on any atom is -0.447 e. The summed E-state index contributed by atoms with van der Waals surface area (Å²) in [5.74, 6) is 0.308. The van der Waals surface area contributed by atoms with Crippen LogP contribution in [0, 0.1) is 5.92 Å². The highest BCUT2D eigenvalue weighted by Gasteiger charge is 2.31. The van der Waals surface area contributed by atoms with E-state index in [4.69, 9.17) is 4.74 Å². The van der Waals surface area contributed by atoms with Crippen molar-refractivity contribution in [1.82, 2.24) is 9.80 Å². The summed E-state index contributed by atoms with van der Waals surface area (Å²) in [6, 6.07) is 7.10. The van der Waals surface area contributed by atoms with Gasteiger partial charge < -0.3 is 14.5 Å². The molecule has 0 N–H and O–H groups in total. The van der Waals surface area contributed by atoms with Crippen LogP contribution in [0.4, 0.5) is 10.5 Å². The first-order chi connectivity index (χ1) is 14.1. The van der Waals surface area contributed by atoms with Crippen molar-refractivity contribution in [3.8, 4) is 0 Å². The maximum atomic E-state index is 12.8. The van der Waals surface area contributed by atoms with Gasteiger partial charge in [0.15, 0.2) is 0 Å². The monoisotopic (exact) mass is 399 g/mol. The molecule has 3 amide bonds. The average Bonchev–Trinajstić information content (AvgIpc) is 3.01. The van der Waals surface area contributed by atoms with Crippen LogP contribution in [0.5, 0.6) is 0 Å². The Morgan fingerprint density at radius 3 is 2.07 bits per heavy atom. The van der Waals surface area contributed by atoms with Gasteiger partial charge in [0.2, 0.25) is 5.91 Å². The average molecular weight is 399 g/mol. The molecular weight excluding hydrogens is 370 g/mol. The van der Waals surface area contributed by atoms with Crippen molar-refractivity contribution >= 4 is 23.6 Å². The first-order valence-corrected chi connectivity index (χ1v) is 10.8. The fourth-order valence-corrected chi connectivity index (χ4v) is 4.47. The Morgan fingerprint density at radius 2 is 1.48 bits per heavy atom. The van der Waals surface area contributed by atoms with Crippen molar-refractivity contribution in [2.75, 3.05) is 44.2 Å². The van der Waals surface area contributed by atoms with E-state index in [-0.39, 0.29) is 23.8 Å². The van der Waals surface area contributed by atoms with Crippen LogP contribution >= 0.6 is 0 Å². The summed E-state index contributed by atoms with van der Waals surface area (Å²) in [6.07, 6.45) is 5.77. The first-order valence-electron chi connectivity index (χ1n) is 10.8. The molecule has 0 unspecified atom stereocenters. The highest BCUT2D eigenvalue weighted by atomic mass is 16.6. The Morgan fingerprint density at radius 1 is 0.828 bits per heavy atom. The number of carbonyl (C=O) groups is 3. The van der Waals surface area contributed by atoms with Gasteiger partial charge in [-0.05, 0) is 49.9 Å². The number of amides is 3. The molecule has 0 spiro atoms. The Kier molecular flexibility index (Phi) is 6.02. The van der Waals surface area contributed by atoms with Crippen LogP contribution in [-0.4, -0.2) is 67.0 Å². The van der Waals surface area contributed by atoms with Gasteiger partial charge in [-0.3, -0.25) is 14.5 Å². The maximum Gasteiger partial charge on any atom is 0.414 e. The molecule has 3 aliphatic rings. The molecule has 7 heteroatoms. The zero-order valence-corrected chi connectivity index (χ0v) is 16.8. The molecule has 1 aromatic carbocycles. The summed E-state index contributed by atoms with van der Waals surface area (Å²) in [4.78, 5) is 42.8. The molecule has 3 aliphatic heterocycles. The predicted octanol–water partition coefficient (Wildman–Crippen LogP) is 2.90. The molecule has 0 atom stereocenters. The molecule has 0 saturated carbocycles. The van der Waals surface area contributed by atoms with Gasteiger partial charge in [0, 0.05) is 43.3 Å². The van der Waals surface area contributed by atoms with Gasteiger partial charge in [0.25, 0.3) is 5.91 Å². The van der Waals surface area contributed by atoms with Crippen LogP contribution in [0.15, 0.2) is 24.3 Å². The first kappa shape index (κ1) is 19.7. The van der Waals surface area contributed by atoms with Crippen molar-refractivity contribution in [3.05, 3.63) is 29.8 Å². The third-order valence-corrected chi connectivity index (χ3v) is 6.24. The smallest absolute Gasteiger partial charge is 0.414 e. The Labute approximate surface area is 171 Å². The number of rotatable bonds is 3. The molecule has 0 radical (unpaired) electrons. The van der Waals surface area contributed by atoms with Gasteiger partial charge in [-0.15, -0.1) is 0 Å². The summed E-state index contributed by atoms with van der Waals surface area (Å²) in [5.41, 5.74) is 1.35. The van der Waals surface area contributed by atoms with Crippen LogP contribution in [0.3, 0.4) is 0 Å². The number of likely N-dealkylation sites (tertiary alicyclic amines) is 2. The molecule has 1 aromatic rings. The fraction of sp³-hybridized carbons (Fsp3) is 0.591. The van der Waals surface area contributed by atoms with E-state index in [9.17, 15) is 14.4 Å². The largest absolute Gasteiger partial charge is 0.447 e. The van der Waals surface area contributed by atoms with E-state index >= 15 is 0 Å². The van der Waals surface area contributed by atoms with Crippen molar-refractivity contribution in [2.45, 2.75) is 38.5 Å². The minimum absolute atomic E-state index is 0.0128. The Hall–Kier alpha value is -2.57. The quantitative estimate of drug-likeness (QED) is 0.784. The Bertz CT molecular complexity index is 748. The van der Waals surface area contributed by atoms with Gasteiger partial charge in [-0.1, -0.05) is 12.8 Å². The highest BCUT2D eigenvalue weighted by molar-refractivity contribution is 5.96. The topological polar surface area (TPSA) is 70.2 Å². The molecule has 3 heterocycles. The summed E-state index contributed by atoms with van der Waals surface area (Å²) >= 11 is 0. The summed E-state index contributed by atoms with van der Waals surface area (Å²) < 4.78 is 4.95. The summed E-state index contributed by atoms with van der Waals surface area (Å²) in [7, 11) is 0. The standard InChI is InChI=1S/C22H29N3O4/c26-20(17-5-7-19(8-6-17)25-15-16-29-22(25)28)24-13-9-18(10-14-24)21(27)23-11-3-1-2-4-12-23/h5-8,18H,1-4,9-16H2. The van der Waals surface area contributed by atoms with Gasteiger partial charge in [0.05, 0.1) is 6.54 Å². The van der Waals surface area contributed by atoms with Crippen LogP contribution in [-0.2, 0) is 9.53 Å². The number of hydrogen-bond acceptors (Lipinski definition) is 4. The number of ether oxygens (including phenoxy) is 1. The lowest BCUT2D eigenvalue weighted by atomic mass is 9.94. The lowest BCUT2D eigenvalue weighted by molar-refractivity contribution is -0.136. The third-order valence-electron chi connectivity index (χ3n) is 6.24. The predicted molar refractivity (Wildman–Crippen MR) is 109 cm³/mol. The normalized spacial score (nSPS) is 21.1. The van der Waals surface area contributed by atoms with E-state index in [0.29, 0.717) is 31.8 Å². The van der Waals surface area contributed by atoms with Crippen molar-refractivity contribution in [2.24, 2.45) is 5.92 Å². The van der Waals surface area contributed by atoms with Crippen LogP contribution in [0.1, 0.15) is 48.9 Å². The second kappa shape index (κ2) is 8.84. The highest BCUT2D eigenvalue weighted by Crippen LogP contribution is 2.24. The third kappa shape index (κ3) is 4.38. The van der Waals surface area contributed by atoms with Crippen LogP contribution in [0.2, 0.25) is 0 Å². The van der Waals surface area contributed by atoms with E-state index in [1.807, 2.05) is 9.80 Å². The van der Waals surface area contributed by atoms with E-state index in [2.05, 4.69) is 0 Å². The molecular formula is C22H29N3O4. The minimum atomic E-state index is -0.347. The number of carbonyl (C=O) groups excluding carboxylic acids is 3. The molecule has 0 aromatic heterocycles. The number of piperidine rings is 1. The zero-order valence-electron chi connectivity index (χ0n) is 16.8. The molecule has 4 rings (SSSR count). The van der Waals surface area contributed by atoms with E-state index in [1.54, 1.807) is 29.2 Å². The lowest BCUT2D eigenvalue weighted by Crippen LogP contribution is -2.44. The molecule has 0 aliphatic carbocycles. The van der Waals surface area contributed by atoms with Crippen LogP contribution < -0.4 is 4.90 Å². The second-order valence-corrected chi connectivity index (χ2v) is 8.12. The van der Waals surface area contributed by atoms with Gasteiger partial charge >= 0.3 is 6.09 Å². The lowest BCUT2D eigenvalue weighted by Gasteiger charge is -2.34. The number of hydrogen-bond donors (Lipinski definition) is 0. The fourth-order valence-electron chi connectivity index (χ4n) is 4.47. The SMILES string of the molecule is O=C(c1ccc(N2CCOC2=O)cc1)N1CCC(C(=O)N2CCCCCC2)CC1.